The van der Waals surface area contributed by atoms with Gasteiger partial charge in [0.1, 0.15) is 5.52 Å². The van der Waals surface area contributed by atoms with Gasteiger partial charge >= 0.3 is 5.69 Å². The van der Waals surface area contributed by atoms with Crippen molar-refractivity contribution >= 4 is 51.3 Å². The summed E-state index contributed by atoms with van der Waals surface area (Å²) in [5.41, 5.74) is 2.64. The number of hydrogen-bond donors (Lipinski definition) is 1. The molecule has 0 bridgehead atoms. The fourth-order valence-electron chi connectivity index (χ4n) is 2.69. The monoisotopic (exact) mass is 485 g/mol. The van der Waals surface area contributed by atoms with Crippen LogP contribution in [0.3, 0.4) is 0 Å². The quantitative estimate of drug-likeness (QED) is 0.179. The molecule has 4 aromatic rings. The molecular weight excluding hydrogens is 473 g/mol. The lowest BCUT2D eigenvalue weighted by Gasteiger charge is -1.99. The predicted molar refractivity (Wildman–Crippen MR) is 114 cm³/mol. The lowest BCUT2D eigenvalue weighted by atomic mass is 10.2. The summed E-state index contributed by atoms with van der Waals surface area (Å²) < 4.78 is 6.89. The molecule has 0 aliphatic rings. The molecule has 0 atom stereocenters. The van der Waals surface area contributed by atoms with E-state index in [9.17, 15) is 15.2 Å². The molecule has 1 heterocycles. The number of fused-ring (bicyclic) bond motifs is 1. The number of benzene rings is 3. The first-order chi connectivity index (χ1) is 13.5. The van der Waals surface area contributed by atoms with Crippen molar-refractivity contribution in [2.24, 2.45) is 4.99 Å². The standard InChI is InChI=1S/C20H12IN3O4/c21-14-5-1-3-12(9-14)20-23-16-10-15(7-8-18(16)28-20)22-11-13-4-2-6-17(19(13)25)24(26)27/h1-11,25H. The zero-order chi connectivity index (χ0) is 19.7. The van der Waals surface area contributed by atoms with E-state index in [2.05, 4.69) is 32.6 Å². The van der Waals surface area contributed by atoms with E-state index in [-0.39, 0.29) is 11.3 Å². The van der Waals surface area contributed by atoms with Crippen LogP contribution in [0.2, 0.25) is 0 Å². The number of hydrogen-bond acceptors (Lipinski definition) is 6. The number of para-hydroxylation sites is 1. The highest BCUT2D eigenvalue weighted by molar-refractivity contribution is 14.1. The number of nitro groups is 1. The molecule has 0 aliphatic carbocycles. The van der Waals surface area contributed by atoms with Gasteiger partial charge in [-0.05, 0) is 65.1 Å². The average Bonchev–Trinajstić information content (AvgIpc) is 3.10. The fraction of sp³-hybridized carbons (Fsp3) is 0. The van der Waals surface area contributed by atoms with Crippen LogP contribution in [0.5, 0.6) is 5.75 Å². The molecule has 0 amide bonds. The van der Waals surface area contributed by atoms with Crippen LogP contribution >= 0.6 is 22.6 Å². The lowest BCUT2D eigenvalue weighted by molar-refractivity contribution is -0.385. The number of aromatic hydroxyl groups is 1. The van der Waals surface area contributed by atoms with E-state index in [0.717, 1.165) is 9.13 Å². The number of halogens is 1. The molecule has 1 aromatic heterocycles. The third-order valence-electron chi connectivity index (χ3n) is 4.04. The minimum atomic E-state index is -0.638. The first-order valence-electron chi connectivity index (χ1n) is 8.18. The molecule has 28 heavy (non-hydrogen) atoms. The molecule has 0 saturated carbocycles. The summed E-state index contributed by atoms with van der Waals surface area (Å²) >= 11 is 2.23. The Labute approximate surface area is 172 Å². The third kappa shape index (κ3) is 3.58. The first kappa shape index (κ1) is 18.1. The van der Waals surface area contributed by atoms with Gasteiger partial charge in [0.05, 0.1) is 10.6 Å². The average molecular weight is 485 g/mol. The van der Waals surface area contributed by atoms with Crippen molar-refractivity contribution in [2.75, 3.05) is 0 Å². The summed E-state index contributed by atoms with van der Waals surface area (Å²) in [5.74, 6) is 0.103. The molecule has 0 unspecified atom stereocenters. The van der Waals surface area contributed by atoms with Crippen LogP contribution in [-0.4, -0.2) is 21.2 Å². The SMILES string of the molecule is O=[N+]([O-])c1cccc(C=Nc2ccc3oc(-c4cccc(I)c4)nc3c2)c1O. The van der Waals surface area contributed by atoms with Crippen molar-refractivity contribution in [3.8, 4) is 17.2 Å². The van der Waals surface area contributed by atoms with E-state index in [0.29, 0.717) is 22.7 Å². The number of nitro benzene ring substituents is 1. The van der Waals surface area contributed by atoms with E-state index in [1.54, 1.807) is 24.3 Å². The smallest absolute Gasteiger partial charge is 0.311 e. The molecule has 3 aromatic carbocycles. The van der Waals surface area contributed by atoms with Crippen molar-refractivity contribution in [3.05, 3.63) is 79.9 Å². The molecule has 0 fully saturated rings. The lowest BCUT2D eigenvalue weighted by Crippen LogP contribution is -1.91. The minimum Gasteiger partial charge on any atom is -0.502 e. The van der Waals surface area contributed by atoms with Gasteiger partial charge in [0.2, 0.25) is 11.6 Å². The zero-order valence-corrected chi connectivity index (χ0v) is 16.4. The topological polar surface area (TPSA) is 102 Å². The van der Waals surface area contributed by atoms with Gasteiger partial charge in [0.15, 0.2) is 5.58 Å². The van der Waals surface area contributed by atoms with Crippen molar-refractivity contribution < 1.29 is 14.4 Å². The van der Waals surface area contributed by atoms with Crippen LogP contribution in [0, 0.1) is 13.7 Å². The fourth-order valence-corrected chi connectivity index (χ4v) is 3.23. The maximum Gasteiger partial charge on any atom is 0.311 e. The van der Waals surface area contributed by atoms with Gasteiger partial charge in [-0.2, -0.15) is 0 Å². The number of oxazole rings is 1. The number of phenolic OH excluding ortho intramolecular Hbond substituents is 1. The van der Waals surface area contributed by atoms with Crippen molar-refractivity contribution in [3.63, 3.8) is 0 Å². The Bertz CT molecular complexity index is 1230. The number of nitrogens with zero attached hydrogens (tertiary/aromatic N) is 3. The summed E-state index contributed by atoms with van der Waals surface area (Å²) in [5, 5.41) is 20.9. The van der Waals surface area contributed by atoms with Crippen LogP contribution in [-0.2, 0) is 0 Å². The minimum absolute atomic E-state index is 0.258. The van der Waals surface area contributed by atoms with E-state index >= 15 is 0 Å². The second kappa shape index (κ2) is 7.39. The molecule has 0 spiro atoms. The maximum atomic E-state index is 10.9. The van der Waals surface area contributed by atoms with E-state index < -0.39 is 10.7 Å². The second-order valence-electron chi connectivity index (χ2n) is 5.91. The predicted octanol–water partition coefficient (Wildman–Crippen LogP) is 5.46. The number of aromatic nitrogens is 1. The highest BCUT2D eigenvalue weighted by Gasteiger charge is 2.15. The first-order valence-corrected chi connectivity index (χ1v) is 9.26. The molecule has 4 rings (SSSR count). The van der Waals surface area contributed by atoms with Crippen LogP contribution < -0.4 is 0 Å². The Morgan fingerprint density at radius 2 is 1.96 bits per heavy atom. The zero-order valence-electron chi connectivity index (χ0n) is 14.2. The van der Waals surface area contributed by atoms with Gasteiger partial charge in [-0.15, -0.1) is 0 Å². The number of phenols is 1. The van der Waals surface area contributed by atoms with Gasteiger partial charge in [-0.3, -0.25) is 15.1 Å². The summed E-state index contributed by atoms with van der Waals surface area (Å²) in [6.07, 6.45) is 1.38. The van der Waals surface area contributed by atoms with Crippen LogP contribution in [0.25, 0.3) is 22.6 Å². The third-order valence-corrected chi connectivity index (χ3v) is 4.71. The molecule has 1 N–H and O–H groups in total. The Kier molecular flexibility index (Phi) is 4.78. The van der Waals surface area contributed by atoms with Gasteiger partial charge in [-0.25, -0.2) is 4.98 Å². The largest absolute Gasteiger partial charge is 0.502 e. The van der Waals surface area contributed by atoms with Gasteiger partial charge in [-0.1, -0.05) is 12.1 Å². The van der Waals surface area contributed by atoms with E-state index in [4.69, 9.17) is 4.42 Å². The highest BCUT2D eigenvalue weighted by Crippen LogP contribution is 2.30. The van der Waals surface area contributed by atoms with Crippen molar-refractivity contribution in [1.82, 2.24) is 4.98 Å². The summed E-state index contributed by atoms with van der Waals surface area (Å²) in [7, 11) is 0. The van der Waals surface area contributed by atoms with Gasteiger partial charge < -0.3 is 9.52 Å². The normalized spacial score (nSPS) is 11.3. The second-order valence-corrected chi connectivity index (χ2v) is 7.16. The molecule has 0 radical (unpaired) electrons. The number of aliphatic imine (C=N–C) groups is 1. The van der Waals surface area contributed by atoms with E-state index in [1.807, 2.05) is 24.3 Å². The number of rotatable bonds is 4. The highest BCUT2D eigenvalue weighted by atomic mass is 127. The molecular formula is C20H12IN3O4. The van der Waals surface area contributed by atoms with Gasteiger partial charge in [0.25, 0.3) is 0 Å². The van der Waals surface area contributed by atoms with Crippen LogP contribution in [0.15, 0.2) is 70.1 Å². The Morgan fingerprint density at radius 1 is 1.14 bits per heavy atom. The molecule has 8 heteroatoms. The maximum absolute atomic E-state index is 10.9. The van der Waals surface area contributed by atoms with E-state index in [1.165, 1.54) is 18.3 Å². The van der Waals surface area contributed by atoms with Crippen LogP contribution in [0.4, 0.5) is 11.4 Å². The Morgan fingerprint density at radius 3 is 2.75 bits per heavy atom. The van der Waals surface area contributed by atoms with Gasteiger partial charge in [0, 0.05) is 27.0 Å². The Balaban J connectivity index is 1.66. The summed E-state index contributed by atoms with van der Waals surface area (Å²) in [6.45, 7) is 0. The molecule has 0 saturated heterocycles. The summed E-state index contributed by atoms with van der Waals surface area (Å²) in [6, 6.07) is 17.4. The summed E-state index contributed by atoms with van der Waals surface area (Å²) in [4.78, 5) is 19.1. The van der Waals surface area contributed by atoms with Crippen LogP contribution in [0.1, 0.15) is 5.56 Å². The van der Waals surface area contributed by atoms with Crippen molar-refractivity contribution in [2.45, 2.75) is 0 Å². The molecule has 7 nitrogen and oxygen atoms in total. The molecule has 138 valence electrons. The Hall–Kier alpha value is -3.27. The molecule has 0 aliphatic heterocycles. The van der Waals surface area contributed by atoms with Crippen molar-refractivity contribution in [1.29, 1.82) is 0 Å².